The summed E-state index contributed by atoms with van der Waals surface area (Å²) in [6.45, 7) is 4.50. The average Bonchev–Trinajstić information content (AvgIpc) is 2.75. The molecule has 1 aromatic carbocycles. The van der Waals surface area contributed by atoms with Crippen LogP contribution in [0, 0.1) is 4.91 Å². The van der Waals surface area contributed by atoms with Gasteiger partial charge in [-0.25, -0.2) is 4.84 Å². The molecule has 1 aromatic rings. The highest BCUT2D eigenvalue weighted by atomic mass is 79.9. The number of hydrogen-bond acceptors (Lipinski definition) is 5. The van der Waals surface area contributed by atoms with Crippen molar-refractivity contribution < 1.29 is 24.5 Å². The van der Waals surface area contributed by atoms with Gasteiger partial charge in [-0.2, -0.15) is 0 Å². The van der Waals surface area contributed by atoms with Crippen LogP contribution in [0.15, 0.2) is 24.3 Å². The van der Waals surface area contributed by atoms with Gasteiger partial charge in [0.25, 0.3) is 4.92 Å². The third kappa shape index (κ3) is 12.6. The molecule has 1 atom stereocenters. The van der Waals surface area contributed by atoms with E-state index in [1.165, 1.54) is 13.5 Å². The number of rotatable bonds is 11. The lowest BCUT2D eigenvalue weighted by Gasteiger charge is -2.29. The first-order valence-corrected chi connectivity index (χ1v) is 11.4. The quantitative estimate of drug-likeness (QED) is 0.192. The Morgan fingerprint density at radius 2 is 1.97 bits per heavy atom. The first-order valence-electron chi connectivity index (χ1n) is 9.13. The van der Waals surface area contributed by atoms with E-state index >= 15 is 0 Å². The van der Waals surface area contributed by atoms with Crippen molar-refractivity contribution in [1.29, 1.82) is 0 Å². The van der Waals surface area contributed by atoms with E-state index in [-0.39, 0.29) is 11.9 Å². The highest BCUT2D eigenvalue weighted by molar-refractivity contribution is 9.09. The molecule has 2 amide bonds. The normalized spacial score (nSPS) is 10.3. The van der Waals surface area contributed by atoms with Crippen LogP contribution >= 0.6 is 31.9 Å². The standard InChI is InChI=1S/C15H20BrN3O4.C3H7Br.CH4O/c1-12(7-9-17-11-20)18(15(21)6-8-16)13-4-3-5-14(10-13)19(22)23-2;1-2-3-4;1-2/h3-5,10-12H,6-9H2,1-2H3;2-3H2,1H3;2H,1H3/p+1. The van der Waals surface area contributed by atoms with Crippen molar-refractivity contribution in [2.75, 3.05) is 36.3 Å². The lowest BCUT2D eigenvalue weighted by atomic mass is 10.1. The van der Waals surface area contributed by atoms with Crippen LogP contribution in [-0.4, -0.2) is 59.8 Å². The summed E-state index contributed by atoms with van der Waals surface area (Å²) in [6, 6.07) is 6.53. The second kappa shape index (κ2) is 19.8. The van der Waals surface area contributed by atoms with Crippen LogP contribution in [0.2, 0.25) is 0 Å². The Bertz CT molecular complexity index is 589. The van der Waals surface area contributed by atoms with E-state index in [0.29, 0.717) is 47.4 Å². The molecular formula is C19H32Br2N3O5+. The van der Waals surface area contributed by atoms with Crippen LogP contribution in [0.5, 0.6) is 0 Å². The summed E-state index contributed by atoms with van der Waals surface area (Å²) in [7, 11) is 2.28. The van der Waals surface area contributed by atoms with Crippen LogP contribution in [0.1, 0.15) is 33.1 Å². The Balaban J connectivity index is 0. The minimum atomic E-state index is -0.133. The smallest absolute Gasteiger partial charge is 0.318 e. The largest absolute Gasteiger partial charge is 0.400 e. The van der Waals surface area contributed by atoms with Crippen molar-refractivity contribution in [3.05, 3.63) is 29.2 Å². The fraction of sp³-hybridized carbons (Fsp3) is 0.579. The summed E-state index contributed by atoms with van der Waals surface area (Å²) >= 11 is 6.52. The van der Waals surface area contributed by atoms with Gasteiger partial charge in [0.1, 0.15) is 0 Å². The minimum absolute atomic E-state index is 0.0625. The molecule has 29 heavy (non-hydrogen) atoms. The highest BCUT2D eigenvalue weighted by Crippen LogP contribution is 2.25. The Morgan fingerprint density at radius 1 is 1.34 bits per heavy atom. The van der Waals surface area contributed by atoms with Gasteiger partial charge >= 0.3 is 5.69 Å². The van der Waals surface area contributed by atoms with Gasteiger partial charge in [0, 0.05) is 48.9 Å². The Labute approximate surface area is 189 Å². The van der Waals surface area contributed by atoms with Crippen LogP contribution in [0.25, 0.3) is 0 Å². The lowest BCUT2D eigenvalue weighted by molar-refractivity contribution is -0.736. The van der Waals surface area contributed by atoms with E-state index < -0.39 is 0 Å². The van der Waals surface area contributed by atoms with Crippen LogP contribution in [0.4, 0.5) is 11.4 Å². The van der Waals surface area contributed by atoms with Crippen molar-refractivity contribution in [3.8, 4) is 0 Å². The lowest BCUT2D eigenvalue weighted by Crippen LogP contribution is -2.40. The topological polar surface area (TPSA) is 98.9 Å². The third-order valence-electron chi connectivity index (χ3n) is 3.48. The fourth-order valence-corrected chi connectivity index (χ4v) is 2.53. The molecule has 0 bridgehead atoms. The molecule has 0 radical (unpaired) electrons. The maximum absolute atomic E-state index is 12.5. The summed E-state index contributed by atoms with van der Waals surface area (Å²) < 4.78 is 0. The number of nitrogens with one attached hydrogen (secondary N) is 1. The van der Waals surface area contributed by atoms with Gasteiger partial charge in [-0.05, 0) is 25.8 Å². The van der Waals surface area contributed by atoms with Gasteiger partial charge in [-0.3, -0.25) is 9.59 Å². The number of halogens is 2. The number of hydrogen-bond donors (Lipinski definition) is 2. The molecule has 1 unspecified atom stereocenters. The molecule has 0 fully saturated rings. The van der Waals surface area contributed by atoms with Crippen molar-refractivity contribution in [2.24, 2.45) is 0 Å². The molecule has 0 saturated heterocycles. The Kier molecular flexibility index (Phi) is 20.2. The number of carbonyl (C=O) groups excluding carboxylic acids is 2. The summed E-state index contributed by atoms with van der Waals surface area (Å²) in [5.41, 5.74) is 0.921. The molecule has 166 valence electrons. The fourth-order valence-electron chi connectivity index (χ4n) is 2.19. The first-order chi connectivity index (χ1) is 14.0. The number of alkyl halides is 2. The highest BCUT2D eigenvalue weighted by Gasteiger charge is 2.24. The van der Waals surface area contributed by atoms with Crippen molar-refractivity contribution in [1.82, 2.24) is 5.32 Å². The van der Waals surface area contributed by atoms with Crippen molar-refractivity contribution >= 4 is 55.6 Å². The number of aliphatic hydroxyl groups is 1. The molecular weight excluding hydrogens is 510 g/mol. The Hall–Kier alpha value is -1.52. The van der Waals surface area contributed by atoms with Gasteiger partial charge in [-0.15, -0.1) is 0 Å². The minimum Gasteiger partial charge on any atom is -0.400 e. The zero-order valence-electron chi connectivity index (χ0n) is 17.4. The van der Waals surface area contributed by atoms with Crippen LogP contribution in [-0.2, 0) is 14.4 Å². The third-order valence-corrected chi connectivity index (χ3v) is 4.67. The summed E-state index contributed by atoms with van der Waals surface area (Å²) in [5.74, 6) is -0.0625. The molecule has 0 aliphatic carbocycles. The summed E-state index contributed by atoms with van der Waals surface area (Å²) in [4.78, 5) is 41.1. The zero-order valence-corrected chi connectivity index (χ0v) is 20.6. The number of aliphatic hydroxyl groups excluding tert-OH is 1. The number of amides is 2. The van der Waals surface area contributed by atoms with Gasteiger partial charge < -0.3 is 15.3 Å². The molecule has 0 spiro atoms. The van der Waals surface area contributed by atoms with E-state index in [4.69, 9.17) is 5.11 Å². The van der Waals surface area contributed by atoms with Crippen LogP contribution in [0.3, 0.4) is 0 Å². The summed E-state index contributed by atoms with van der Waals surface area (Å²) in [5, 5.41) is 11.3. The molecule has 10 heteroatoms. The van der Waals surface area contributed by atoms with E-state index in [9.17, 15) is 14.5 Å². The summed E-state index contributed by atoms with van der Waals surface area (Å²) in [6.07, 6.45) is 2.80. The molecule has 1 rings (SSSR count). The van der Waals surface area contributed by atoms with E-state index in [2.05, 4.69) is 48.9 Å². The number of benzene rings is 1. The molecule has 0 heterocycles. The number of carbonyl (C=O) groups is 2. The predicted octanol–water partition coefficient (Wildman–Crippen LogP) is 3.70. The average molecular weight is 542 g/mol. The second-order valence-electron chi connectivity index (χ2n) is 5.56. The van der Waals surface area contributed by atoms with E-state index in [1.54, 1.807) is 29.2 Å². The van der Waals surface area contributed by atoms with Crippen LogP contribution < -0.4 is 10.2 Å². The predicted molar refractivity (Wildman–Crippen MR) is 123 cm³/mol. The Morgan fingerprint density at radius 3 is 2.45 bits per heavy atom. The first kappa shape index (κ1) is 29.7. The van der Waals surface area contributed by atoms with E-state index in [0.717, 1.165) is 12.4 Å². The van der Waals surface area contributed by atoms with E-state index in [1.807, 2.05) is 6.92 Å². The zero-order chi connectivity index (χ0) is 22.7. The molecule has 2 N–H and O–H groups in total. The molecule has 0 aliphatic rings. The molecule has 0 saturated carbocycles. The van der Waals surface area contributed by atoms with Crippen molar-refractivity contribution in [3.63, 3.8) is 0 Å². The van der Waals surface area contributed by atoms with Gasteiger partial charge in [0.05, 0.1) is 10.6 Å². The molecule has 8 nitrogen and oxygen atoms in total. The number of nitrogens with zero attached hydrogens (tertiary/aromatic N) is 2. The van der Waals surface area contributed by atoms with Gasteiger partial charge in [-0.1, -0.05) is 44.8 Å². The van der Waals surface area contributed by atoms with Gasteiger partial charge in [0.15, 0.2) is 7.11 Å². The monoisotopic (exact) mass is 540 g/mol. The maximum Gasteiger partial charge on any atom is 0.318 e. The second-order valence-corrected chi connectivity index (χ2v) is 7.15. The van der Waals surface area contributed by atoms with Crippen molar-refractivity contribution in [2.45, 2.75) is 39.2 Å². The molecule has 0 aromatic heterocycles. The van der Waals surface area contributed by atoms with Gasteiger partial charge in [0.2, 0.25) is 12.3 Å². The molecule has 0 aliphatic heterocycles. The number of anilines is 1. The maximum atomic E-state index is 12.5. The SMILES string of the molecule is CCCBr.CO.CO[N+](=O)c1cccc(N(C(=O)CCBr)C(C)CCNC=O)c1.